The lowest BCUT2D eigenvalue weighted by Gasteiger charge is -2.35. The maximum Gasteiger partial charge on any atom is 0.269 e. The summed E-state index contributed by atoms with van der Waals surface area (Å²) in [5.41, 5.74) is -0.416. The van der Waals surface area contributed by atoms with Crippen LogP contribution in [0.15, 0.2) is 29.2 Å². The van der Waals surface area contributed by atoms with Gasteiger partial charge in [0.15, 0.2) is 23.8 Å². The summed E-state index contributed by atoms with van der Waals surface area (Å²) in [6.45, 7) is 4.42. The highest BCUT2D eigenvalue weighted by Gasteiger charge is 2.59. The van der Waals surface area contributed by atoms with Gasteiger partial charge in [-0.1, -0.05) is 168 Å². The van der Waals surface area contributed by atoms with E-state index in [1.54, 1.807) is 0 Å². The molecule has 11 heteroatoms. The Kier molecular flexibility index (Phi) is 26.0. The van der Waals surface area contributed by atoms with Gasteiger partial charge in [0.25, 0.3) is 5.69 Å². The van der Waals surface area contributed by atoms with E-state index in [-0.39, 0.29) is 12.8 Å². The maximum absolute atomic E-state index is 13.8. The van der Waals surface area contributed by atoms with E-state index in [0.717, 1.165) is 75.6 Å². The first-order chi connectivity index (χ1) is 24.9. The monoisotopic (exact) mass is 753 g/mol. The number of rotatable bonds is 35. The van der Waals surface area contributed by atoms with Gasteiger partial charge in [0.1, 0.15) is 0 Å². The maximum atomic E-state index is 13.8. The molecule has 300 valence electrons. The molecule has 2 atom stereocenters. The summed E-state index contributed by atoms with van der Waals surface area (Å²) < 4.78 is 27.5. The molecule has 0 saturated heterocycles. The van der Waals surface area contributed by atoms with Gasteiger partial charge in [-0.25, -0.2) is 8.42 Å². The highest BCUT2D eigenvalue weighted by Crippen LogP contribution is 2.34. The lowest BCUT2D eigenvalue weighted by molar-refractivity contribution is -0.384. The van der Waals surface area contributed by atoms with E-state index >= 15 is 0 Å². The van der Waals surface area contributed by atoms with Crippen molar-refractivity contribution in [3.63, 3.8) is 0 Å². The van der Waals surface area contributed by atoms with Gasteiger partial charge in [0.05, 0.1) is 9.82 Å². The Bertz CT molecular complexity index is 1170. The number of aliphatic hydroxyl groups excluding tert-OH is 2. The molecule has 0 bridgehead atoms. The third-order valence-corrected chi connectivity index (χ3v) is 12.4. The molecule has 0 heterocycles. The average Bonchev–Trinajstić information content (AvgIpc) is 3.14. The molecule has 0 spiro atoms. The van der Waals surface area contributed by atoms with Gasteiger partial charge in [-0.2, -0.15) is 0 Å². The number of sulfone groups is 1. The highest BCUT2D eigenvalue weighted by molar-refractivity contribution is 7.92. The Morgan fingerprint density at radius 2 is 0.846 bits per heavy atom. The molecule has 0 aliphatic rings. The second-order valence-corrected chi connectivity index (χ2v) is 16.9. The van der Waals surface area contributed by atoms with E-state index in [0.29, 0.717) is 25.7 Å². The van der Waals surface area contributed by atoms with Crippen LogP contribution < -0.4 is 0 Å². The molecule has 10 nitrogen and oxygen atoms in total. The summed E-state index contributed by atoms with van der Waals surface area (Å²) in [4.78, 5) is 32.4. The molecular weight excluding hydrogens is 683 g/mol. The zero-order valence-electron chi connectivity index (χ0n) is 32.4. The van der Waals surface area contributed by atoms with Crippen LogP contribution in [0.5, 0.6) is 0 Å². The number of carbonyl (C=O) groups is 2. The first-order valence-corrected chi connectivity index (χ1v) is 22.1. The SMILES string of the molecule is CCCCCCCCCCCCCCCC(=O)C(O)C(O)(C(O)C(=O)CCCCCCCCCCCCCCC)S(=O)(=O)c1ccc([N+](=O)[O-])cc1. The number of unbranched alkanes of at least 4 members (excludes halogenated alkanes) is 24. The van der Waals surface area contributed by atoms with E-state index in [2.05, 4.69) is 13.8 Å². The van der Waals surface area contributed by atoms with E-state index in [4.69, 9.17) is 0 Å². The molecule has 2 unspecified atom stereocenters. The van der Waals surface area contributed by atoms with Crippen LogP contribution in [0.1, 0.15) is 194 Å². The number of nitro benzene ring substituents is 1. The summed E-state index contributed by atoms with van der Waals surface area (Å²) in [6, 6.07) is 3.51. The van der Waals surface area contributed by atoms with Gasteiger partial charge >= 0.3 is 0 Å². The molecule has 3 N–H and O–H groups in total. The Morgan fingerprint density at radius 1 is 0.577 bits per heavy atom. The molecule has 52 heavy (non-hydrogen) atoms. The minimum atomic E-state index is -5.15. The van der Waals surface area contributed by atoms with Gasteiger partial charge in [-0.05, 0) is 25.0 Å². The van der Waals surface area contributed by atoms with E-state index in [1.807, 2.05) is 0 Å². The summed E-state index contributed by atoms with van der Waals surface area (Å²) in [5, 5.41) is 44.9. The topological polar surface area (TPSA) is 172 Å². The van der Waals surface area contributed by atoms with Crippen LogP contribution in [0.3, 0.4) is 0 Å². The van der Waals surface area contributed by atoms with Crippen molar-refractivity contribution in [2.24, 2.45) is 0 Å². The molecule has 0 amide bonds. The predicted octanol–water partition coefficient (Wildman–Crippen LogP) is 9.88. The summed E-state index contributed by atoms with van der Waals surface area (Å²) in [7, 11) is -5.15. The smallest absolute Gasteiger partial charge is 0.269 e. The Balaban J connectivity index is 2.71. The molecule has 0 aromatic heterocycles. The average molecular weight is 754 g/mol. The zero-order valence-corrected chi connectivity index (χ0v) is 33.2. The van der Waals surface area contributed by atoms with Crippen molar-refractivity contribution in [1.82, 2.24) is 0 Å². The molecule has 0 aliphatic carbocycles. The van der Waals surface area contributed by atoms with Crippen molar-refractivity contribution >= 4 is 27.1 Å². The van der Waals surface area contributed by atoms with Crippen LogP contribution in [0.25, 0.3) is 0 Å². The van der Waals surface area contributed by atoms with Crippen LogP contribution in [0, 0.1) is 10.1 Å². The first kappa shape index (κ1) is 47.8. The fraction of sp³-hybridized carbons (Fsp3) is 0.805. The Hall–Kier alpha value is -2.21. The molecule has 0 radical (unpaired) electrons. The minimum Gasteiger partial charge on any atom is -0.381 e. The minimum absolute atomic E-state index is 0.239. The normalized spacial score (nSPS) is 14.2. The van der Waals surface area contributed by atoms with E-state index in [9.17, 15) is 43.4 Å². The molecule has 0 aliphatic heterocycles. The van der Waals surface area contributed by atoms with Crippen molar-refractivity contribution in [3.05, 3.63) is 34.4 Å². The van der Waals surface area contributed by atoms with E-state index in [1.165, 1.54) is 89.9 Å². The lowest BCUT2D eigenvalue weighted by Crippen LogP contribution is -2.62. The second kappa shape index (κ2) is 28.3. The van der Waals surface area contributed by atoms with Crippen LogP contribution in [-0.2, 0) is 19.4 Å². The molecule has 0 saturated carbocycles. The number of aliphatic hydroxyl groups is 3. The predicted molar refractivity (Wildman–Crippen MR) is 208 cm³/mol. The molecular formula is C41H71NO9S. The fourth-order valence-corrected chi connectivity index (χ4v) is 8.47. The molecule has 1 rings (SSSR count). The third-order valence-electron chi connectivity index (χ3n) is 10.2. The largest absolute Gasteiger partial charge is 0.381 e. The summed E-state index contributed by atoms with van der Waals surface area (Å²) in [5.74, 6) is -1.99. The Labute approximate surface area is 314 Å². The van der Waals surface area contributed by atoms with Gasteiger partial charge in [0.2, 0.25) is 14.8 Å². The first-order valence-electron chi connectivity index (χ1n) is 20.6. The third kappa shape index (κ3) is 17.7. The quantitative estimate of drug-likeness (QED) is 0.0346. The molecule has 1 aromatic carbocycles. The molecule has 1 aromatic rings. The van der Waals surface area contributed by atoms with E-state index < -0.39 is 54.1 Å². The number of non-ortho nitro benzene ring substituents is 1. The lowest BCUT2D eigenvalue weighted by atomic mass is 9.94. The van der Waals surface area contributed by atoms with Crippen LogP contribution in [0.2, 0.25) is 0 Å². The van der Waals surface area contributed by atoms with Crippen molar-refractivity contribution in [3.8, 4) is 0 Å². The summed E-state index contributed by atoms with van der Waals surface area (Å²) >= 11 is 0. The number of hydrogen-bond donors (Lipinski definition) is 3. The Morgan fingerprint density at radius 3 is 1.12 bits per heavy atom. The van der Waals surface area contributed by atoms with Crippen molar-refractivity contribution in [2.75, 3.05) is 0 Å². The van der Waals surface area contributed by atoms with Gasteiger partial charge in [-0.15, -0.1) is 0 Å². The van der Waals surface area contributed by atoms with Crippen LogP contribution in [-0.4, -0.2) is 57.4 Å². The number of nitro groups is 1. The zero-order chi connectivity index (χ0) is 38.7. The number of carbonyl (C=O) groups excluding carboxylic acids is 2. The van der Waals surface area contributed by atoms with Crippen molar-refractivity contribution in [2.45, 2.75) is 216 Å². The number of ketones is 2. The summed E-state index contributed by atoms with van der Waals surface area (Å²) in [6.07, 6.45) is 22.3. The fourth-order valence-electron chi connectivity index (χ4n) is 6.75. The van der Waals surface area contributed by atoms with Crippen LogP contribution in [0.4, 0.5) is 5.69 Å². The van der Waals surface area contributed by atoms with Gasteiger partial charge in [-0.3, -0.25) is 19.7 Å². The van der Waals surface area contributed by atoms with Crippen molar-refractivity contribution < 1.29 is 38.2 Å². The number of Topliss-reactive ketones (excluding diaryl/α,β-unsaturated/α-hetero) is 2. The van der Waals surface area contributed by atoms with Gasteiger partial charge in [0, 0.05) is 25.0 Å². The van der Waals surface area contributed by atoms with Crippen molar-refractivity contribution in [1.29, 1.82) is 0 Å². The number of hydrogen-bond acceptors (Lipinski definition) is 9. The molecule has 0 fully saturated rings. The highest BCUT2D eigenvalue weighted by atomic mass is 32.2. The number of benzene rings is 1. The standard InChI is InChI=1S/C41H71NO9S/c1-3-5-7-9-11-13-15-17-19-21-23-25-27-29-37(43)39(45)41(47,52(50,51)36-33-31-35(32-34-36)42(48)49)40(46)38(44)30-28-26-24-22-20-18-16-14-12-10-8-6-4-2/h31-34,39-40,45-47H,3-30H2,1-2H3. The number of nitrogens with zero attached hydrogens (tertiary/aromatic N) is 1. The van der Waals surface area contributed by atoms with Crippen LogP contribution >= 0.6 is 0 Å². The second-order valence-electron chi connectivity index (χ2n) is 14.7. The van der Waals surface area contributed by atoms with Gasteiger partial charge < -0.3 is 15.3 Å².